The van der Waals surface area contributed by atoms with Crippen molar-refractivity contribution >= 4 is 0 Å². The Morgan fingerprint density at radius 2 is 1.86 bits per heavy atom. The Morgan fingerprint density at radius 1 is 1.05 bits per heavy atom. The Bertz CT molecular complexity index is 612. The van der Waals surface area contributed by atoms with Crippen LogP contribution in [0.25, 0.3) is 0 Å². The highest BCUT2D eigenvalue weighted by Crippen LogP contribution is 2.38. The Balaban J connectivity index is 1.83. The lowest BCUT2D eigenvalue weighted by Crippen LogP contribution is -2.20. The molecule has 0 amide bonds. The van der Waals surface area contributed by atoms with Crippen LogP contribution in [0.1, 0.15) is 23.6 Å². The molecule has 1 heterocycles. The van der Waals surface area contributed by atoms with Crippen LogP contribution in [-0.4, -0.2) is 20.8 Å². The summed E-state index contributed by atoms with van der Waals surface area (Å²) in [5.74, 6) is 2.32. The normalized spacial score (nSPS) is 20.8. The summed E-state index contributed by atoms with van der Waals surface area (Å²) in [6.45, 7) is 1.05. The maximum absolute atomic E-state index is 5.58. The zero-order chi connectivity index (χ0) is 15.4. The molecule has 2 aromatic carbocycles. The number of hydrogen-bond donors (Lipinski definition) is 1. The van der Waals surface area contributed by atoms with E-state index in [0.717, 1.165) is 24.5 Å². The lowest BCUT2D eigenvalue weighted by atomic mass is 9.88. The topological polar surface area (TPSA) is 30.5 Å². The van der Waals surface area contributed by atoms with Crippen molar-refractivity contribution in [3.8, 4) is 11.5 Å². The Morgan fingerprint density at radius 3 is 2.59 bits per heavy atom. The van der Waals surface area contributed by atoms with Gasteiger partial charge in [0.25, 0.3) is 0 Å². The van der Waals surface area contributed by atoms with Crippen molar-refractivity contribution in [3.05, 3.63) is 59.7 Å². The Hall–Kier alpha value is -2.00. The van der Waals surface area contributed by atoms with Gasteiger partial charge in [-0.1, -0.05) is 36.4 Å². The molecule has 116 valence electrons. The van der Waals surface area contributed by atoms with E-state index in [0.29, 0.717) is 12.0 Å². The lowest BCUT2D eigenvalue weighted by molar-refractivity contribution is 0.377. The van der Waals surface area contributed by atoms with Gasteiger partial charge in [0.2, 0.25) is 0 Å². The van der Waals surface area contributed by atoms with Gasteiger partial charge < -0.3 is 14.8 Å². The van der Waals surface area contributed by atoms with Gasteiger partial charge >= 0.3 is 0 Å². The fourth-order valence-corrected chi connectivity index (χ4v) is 3.33. The van der Waals surface area contributed by atoms with Gasteiger partial charge in [0.1, 0.15) is 11.5 Å². The second-order valence-corrected chi connectivity index (χ2v) is 5.78. The molecule has 2 unspecified atom stereocenters. The van der Waals surface area contributed by atoms with E-state index in [2.05, 4.69) is 41.7 Å². The second-order valence-electron chi connectivity index (χ2n) is 5.78. The van der Waals surface area contributed by atoms with Crippen molar-refractivity contribution in [2.45, 2.75) is 18.9 Å². The molecule has 0 spiro atoms. The molecule has 1 saturated heterocycles. The quantitative estimate of drug-likeness (QED) is 0.914. The van der Waals surface area contributed by atoms with Crippen LogP contribution in [0, 0.1) is 5.92 Å². The van der Waals surface area contributed by atoms with E-state index in [1.807, 2.05) is 12.1 Å². The van der Waals surface area contributed by atoms with Gasteiger partial charge in [-0.15, -0.1) is 0 Å². The van der Waals surface area contributed by atoms with Gasteiger partial charge in [0.15, 0.2) is 0 Å². The molecule has 1 aliphatic rings. The molecule has 0 aromatic heterocycles. The molecule has 1 aliphatic heterocycles. The molecule has 22 heavy (non-hydrogen) atoms. The SMILES string of the molecule is COc1ccc(C2NCCC2Cc2ccccc2)c(OC)c1. The van der Waals surface area contributed by atoms with Crippen molar-refractivity contribution in [3.63, 3.8) is 0 Å². The first kappa shape index (κ1) is 14.9. The molecule has 3 nitrogen and oxygen atoms in total. The molecule has 1 N–H and O–H groups in total. The summed E-state index contributed by atoms with van der Waals surface area (Å²) in [6.07, 6.45) is 2.28. The average Bonchev–Trinajstić information content (AvgIpc) is 3.03. The van der Waals surface area contributed by atoms with E-state index in [-0.39, 0.29) is 0 Å². The first-order valence-corrected chi connectivity index (χ1v) is 7.81. The highest BCUT2D eigenvalue weighted by molar-refractivity contribution is 5.43. The fourth-order valence-electron chi connectivity index (χ4n) is 3.33. The Labute approximate surface area is 132 Å². The molecule has 2 atom stereocenters. The van der Waals surface area contributed by atoms with Gasteiger partial charge in [-0.2, -0.15) is 0 Å². The summed E-state index contributed by atoms with van der Waals surface area (Å²) < 4.78 is 10.9. The summed E-state index contributed by atoms with van der Waals surface area (Å²) in [4.78, 5) is 0. The summed E-state index contributed by atoms with van der Waals surface area (Å²) >= 11 is 0. The lowest BCUT2D eigenvalue weighted by Gasteiger charge is -2.22. The third-order valence-corrected chi connectivity index (χ3v) is 4.47. The molecule has 0 bridgehead atoms. The first-order chi connectivity index (χ1) is 10.8. The van der Waals surface area contributed by atoms with Crippen molar-refractivity contribution in [1.82, 2.24) is 5.32 Å². The average molecular weight is 297 g/mol. The van der Waals surface area contributed by atoms with Gasteiger partial charge in [-0.3, -0.25) is 0 Å². The zero-order valence-corrected chi connectivity index (χ0v) is 13.2. The fraction of sp³-hybridized carbons (Fsp3) is 0.368. The van der Waals surface area contributed by atoms with E-state index < -0.39 is 0 Å². The van der Waals surface area contributed by atoms with Gasteiger partial charge in [0.05, 0.1) is 14.2 Å². The third kappa shape index (κ3) is 3.09. The molecular formula is C19H23NO2. The highest BCUT2D eigenvalue weighted by atomic mass is 16.5. The summed E-state index contributed by atoms with van der Waals surface area (Å²) in [7, 11) is 3.40. The molecule has 2 aromatic rings. The predicted octanol–water partition coefficient (Wildman–Crippen LogP) is 3.60. The minimum atomic E-state index is 0.334. The summed E-state index contributed by atoms with van der Waals surface area (Å²) in [5.41, 5.74) is 2.62. The number of benzene rings is 2. The second kappa shape index (κ2) is 6.84. The summed E-state index contributed by atoms with van der Waals surface area (Å²) in [6, 6.07) is 17.1. The predicted molar refractivity (Wildman–Crippen MR) is 88.5 cm³/mol. The van der Waals surface area contributed by atoms with E-state index >= 15 is 0 Å². The molecule has 0 saturated carbocycles. The maximum atomic E-state index is 5.58. The smallest absolute Gasteiger partial charge is 0.127 e. The molecule has 1 fully saturated rings. The van der Waals surface area contributed by atoms with Gasteiger partial charge in [0, 0.05) is 17.7 Å². The van der Waals surface area contributed by atoms with Gasteiger partial charge in [-0.25, -0.2) is 0 Å². The number of nitrogens with one attached hydrogen (secondary N) is 1. The molecule has 3 rings (SSSR count). The monoisotopic (exact) mass is 297 g/mol. The summed E-state index contributed by atoms with van der Waals surface area (Å²) in [5, 5.41) is 3.63. The van der Waals surface area contributed by atoms with Crippen LogP contribution in [0.4, 0.5) is 0 Å². The maximum Gasteiger partial charge on any atom is 0.127 e. The molecular weight excluding hydrogens is 274 g/mol. The van der Waals surface area contributed by atoms with Crippen molar-refractivity contribution < 1.29 is 9.47 Å². The minimum absolute atomic E-state index is 0.334. The van der Waals surface area contributed by atoms with Crippen LogP contribution in [0.5, 0.6) is 11.5 Å². The Kier molecular flexibility index (Phi) is 4.64. The van der Waals surface area contributed by atoms with Crippen LogP contribution in [0.2, 0.25) is 0 Å². The third-order valence-electron chi connectivity index (χ3n) is 4.47. The van der Waals surface area contributed by atoms with Crippen molar-refractivity contribution in [1.29, 1.82) is 0 Å². The van der Waals surface area contributed by atoms with E-state index in [9.17, 15) is 0 Å². The van der Waals surface area contributed by atoms with Crippen LogP contribution in [0.3, 0.4) is 0 Å². The number of methoxy groups -OCH3 is 2. The van der Waals surface area contributed by atoms with Crippen LogP contribution in [0.15, 0.2) is 48.5 Å². The number of rotatable bonds is 5. The number of ether oxygens (including phenoxy) is 2. The van der Waals surface area contributed by atoms with Crippen molar-refractivity contribution in [2.75, 3.05) is 20.8 Å². The van der Waals surface area contributed by atoms with Crippen LogP contribution < -0.4 is 14.8 Å². The standard InChI is InChI=1S/C19H23NO2/c1-21-16-8-9-17(18(13-16)22-2)19-15(10-11-20-19)12-14-6-4-3-5-7-14/h3-9,13,15,19-20H,10-12H2,1-2H3. The van der Waals surface area contributed by atoms with E-state index in [1.54, 1.807) is 14.2 Å². The van der Waals surface area contributed by atoms with Crippen molar-refractivity contribution in [2.24, 2.45) is 5.92 Å². The van der Waals surface area contributed by atoms with E-state index in [1.165, 1.54) is 17.5 Å². The highest BCUT2D eigenvalue weighted by Gasteiger charge is 2.30. The van der Waals surface area contributed by atoms with E-state index in [4.69, 9.17) is 9.47 Å². The molecule has 0 radical (unpaired) electrons. The largest absolute Gasteiger partial charge is 0.497 e. The minimum Gasteiger partial charge on any atom is -0.497 e. The molecule has 3 heteroatoms. The molecule has 0 aliphatic carbocycles. The van der Waals surface area contributed by atoms with Crippen LogP contribution in [-0.2, 0) is 6.42 Å². The number of hydrogen-bond acceptors (Lipinski definition) is 3. The zero-order valence-electron chi connectivity index (χ0n) is 13.2. The van der Waals surface area contributed by atoms with Crippen LogP contribution >= 0.6 is 0 Å². The van der Waals surface area contributed by atoms with Gasteiger partial charge in [-0.05, 0) is 36.9 Å². The first-order valence-electron chi connectivity index (χ1n) is 7.81.